The zero-order valence-corrected chi connectivity index (χ0v) is 18.2. The Morgan fingerprint density at radius 1 is 0.536 bits per heavy atom. The summed E-state index contributed by atoms with van der Waals surface area (Å²) in [6.45, 7) is 4.56. The largest absolute Gasteiger partial charge is 0.392 e. The van der Waals surface area contributed by atoms with E-state index in [0.717, 1.165) is 12.0 Å². The monoisotopic (exact) mass is 380 g/mol. The third kappa shape index (κ3) is 9.06. The lowest BCUT2D eigenvalue weighted by atomic mass is 10.0. The highest BCUT2D eigenvalue weighted by Gasteiger charge is 1.99. The summed E-state index contributed by atoms with van der Waals surface area (Å²) in [6.07, 6.45) is 16.1. The maximum absolute atomic E-state index is 9.19. The highest BCUT2D eigenvalue weighted by Crippen LogP contribution is 2.15. The molecule has 1 N–H and O–H groups in total. The summed E-state index contributed by atoms with van der Waals surface area (Å²) >= 11 is 0. The predicted molar refractivity (Wildman–Crippen MR) is 122 cm³/mol. The normalized spacial score (nSPS) is 11.1. The second kappa shape index (κ2) is 13.6. The number of aliphatic hydroxyl groups is 1. The molecule has 0 spiro atoms. The molecule has 2 aromatic rings. The Hall–Kier alpha value is -1.60. The van der Waals surface area contributed by atoms with Crippen molar-refractivity contribution in [2.75, 3.05) is 0 Å². The van der Waals surface area contributed by atoms with Gasteiger partial charge >= 0.3 is 0 Å². The second-order valence-corrected chi connectivity index (χ2v) is 8.43. The van der Waals surface area contributed by atoms with Gasteiger partial charge < -0.3 is 5.11 Å². The maximum atomic E-state index is 9.19. The van der Waals surface area contributed by atoms with Gasteiger partial charge in [0.25, 0.3) is 0 Å². The molecule has 0 aliphatic carbocycles. The van der Waals surface area contributed by atoms with E-state index in [1.165, 1.54) is 92.9 Å². The van der Waals surface area contributed by atoms with Crippen LogP contribution in [0.25, 0.3) is 0 Å². The molecule has 0 bridgehead atoms. The van der Waals surface area contributed by atoms with Crippen molar-refractivity contribution >= 4 is 0 Å². The zero-order chi connectivity index (χ0) is 20.0. The number of unbranched alkanes of at least 4 members (excludes halogenated alkanes) is 9. The molecule has 2 rings (SSSR count). The van der Waals surface area contributed by atoms with Crippen LogP contribution in [-0.4, -0.2) is 5.11 Å². The van der Waals surface area contributed by atoms with Crippen LogP contribution in [0.3, 0.4) is 0 Å². The Morgan fingerprint density at radius 2 is 1.04 bits per heavy atom. The van der Waals surface area contributed by atoms with Crippen LogP contribution in [0.15, 0.2) is 42.5 Å². The standard InChI is InChI=1S/C27H40O/c1-23-18-19-26(20-24(23)2)15-12-10-8-6-4-3-5-7-9-11-14-25-16-13-17-27(21-25)22-28/h13,16-21,28H,3-12,14-15,22H2,1-2H3. The molecule has 0 fully saturated rings. The first-order valence-corrected chi connectivity index (χ1v) is 11.4. The predicted octanol–water partition coefficient (Wildman–Crippen LogP) is 7.48. The van der Waals surface area contributed by atoms with Gasteiger partial charge in [-0.15, -0.1) is 0 Å². The van der Waals surface area contributed by atoms with Crippen LogP contribution in [0.5, 0.6) is 0 Å². The van der Waals surface area contributed by atoms with Gasteiger partial charge in [-0.1, -0.05) is 93.8 Å². The molecule has 0 unspecified atom stereocenters. The molecule has 154 valence electrons. The molecule has 2 aromatic carbocycles. The van der Waals surface area contributed by atoms with E-state index in [1.807, 2.05) is 6.07 Å². The van der Waals surface area contributed by atoms with Crippen LogP contribution >= 0.6 is 0 Å². The average Bonchev–Trinajstić information content (AvgIpc) is 2.71. The van der Waals surface area contributed by atoms with Crippen molar-refractivity contribution in [3.8, 4) is 0 Å². The summed E-state index contributed by atoms with van der Waals surface area (Å²) in [4.78, 5) is 0. The maximum Gasteiger partial charge on any atom is 0.0681 e. The minimum atomic E-state index is 0.152. The fourth-order valence-corrected chi connectivity index (χ4v) is 3.92. The van der Waals surface area contributed by atoms with Gasteiger partial charge in [0.15, 0.2) is 0 Å². The Kier molecular flexibility index (Phi) is 11.0. The number of rotatable bonds is 14. The van der Waals surface area contributed by atoms with E-state index in [9.17, 15) is 5.11 Å². The SMILES string of the molecule is Cc1ccc(CCCCCCCCCCCCc2cccc(CO)c2)cc1C. The van der Waals surface area contributed by atoms with Gasteiger partial charge in [-0.3, -0.25) is 0 Å². The molecule has 1 nitrogen and oxygen atoms in total. The Morgan fingerprint density at radius 3 is 1.57 bits per heavy atom. The Balaban J connectivity index is 1.39. The number of aryl methyl sites for hydroxylation is 4. The third-order valence-electron chi connectivity index (χ3n) is 5.93. The van der Waals surface area contributed by atoms with E-state index in [1.54, 1.807) is 0 Å². The van der Waals surface area contributed by atoms with Crippen molar-refractivity contribution in [3.63, 3.8) is 0 Å². The van der Waals surface area contributed by atoms with Crippen molar-refractivity contribution in [2.45, 2.75) is 97.5 Å². The van der Waals surface area contributed by atoms with Gasteiger partial charge in [-0.25, -0.2) is 0 Å². The summed E-state index contributed by atoms with van der Waals surface area (Å²) in [5, 5.41) is 9.19. The van der Waals surface area contributed by atoms with Crippen molar-refractivity contribution in [1.82, 2.24) is 0 Å². The Labute approximate surface area is 173 Å². The molecule has 0 aromatic heterocycles. The van der Waals surface area contributed by atoms with Crippen molar-refractivity contribution in [3.05, 3.63) is 70.3 Å². The van der Waals surface area contributed by atoms with Crippen LogP contribution in [-0.2, 0) is 19.4 Å². The van der Waals surface area contributed by atoms with Gasteiger partial charge in [0.1, 0.15) is 0 Å². The summed E-state index contributed by atoms with van der Waals surface area (Å²) in [7, 11) is 0. The summed E-state index contributed by atoms with van der Waals surface area (Å²) in [6, 6.07) is 15.3. The second-order valence-electron chi connectivity index (χ2n) is 8.43. The van der Waals surface area contributed by atoms with Gasteiger partial charge in [0, 0.05) is 0 Å². The summed E-state index contributed by atoms with van der Waals surface area (Å²) in [5.74, 6) is 0. The molecular weight excluding hydrogens is 340 g/mol. The van der Waals surface area contributed by atoms with Crippen molar-refractivity contribution in [2.24, 2.45) is 0 Å². The van der Waals surface area contributed by atoms with Crippen LogP contribution in [0, 0.1) is 13.8 Å². The van der Waals surface area contributed by atoms with Crippen LogP contribution < -0.4 is 0 Å². The first-order valence-electron chi connectivity index (χ1n) is 11.4. The molecular formula is C27H40O. The van der Waals surface area contributed by atoms with E-state index in [4.69, 9.17) is 0 Å². The lowest BCUT2D eigenvalue weighted by molar-refractivity contribution is 0.281. The van der Waals surface area contributed by atoms with Gasteiger partial charge in [0.2, 0.25) is 0 Å². The number of benzene rings is 2. The van der Waals surface area contributed by atoms with Crippen molar-refractivity contribution < 1.29 is 5.11 Å². The lowest BCUT2D eigenvalue weighted by Gasteiger charge is -2.06. The Bertz CT molecular complexity index is 674. The smallest absolute Gasteiger partial charge is 0.0681 e. The zero-order valence-electron chi connectivity index (χ0n) is 18.2. The fourth-order valence-electron chi connectivity index (χ4n) is 3.92. The molecule has 0 saturated carbocycles. The summed E-state index contributed by atoms with van der Waals surface area (Å²) in [5.41, 5.74) is 6.74. The fraction of sp³-hybridized carbons (Fsp3) is 0.556. The molecule has 0 heterocycles. The quantitative estimate of drug-likeness (QED) is 0.337. The van der Waals surface area contributed by atoms with E-state index in [-0.39, 0.29) is 6.61 Å². The third-order valence-corrected chi connectivity index (χ3v) is 5.93. The summed E-state index contributed by atoms with van der Waals surface area (Å²) < 4.78 is 0. The number of aliphatic hydroxyl groups excluding tert-OH is 1. The minimum Gasteiger partial charge on any atom is -0.392 e. The average molecular weight is 381 g/mol. The van der Waals surface area contributed by atoms with E-state index < -0.39 is 0 Å². The van der Waals surface area contributed by atoms with Gasteiger partial charge in [-0.2, -0.15) is 0 Å². The van der Waals surface area contributed by atoms with Gasteiger partial charge in [-0.05, 0) is 67.3 Å². The van der Waals surface area contributed by atoms with E-state index >= 15 is 0 Å². The molecule has 1 heteroatoms. The molecule has 0 amide bonds. The lowest BCUT2D eigenvalue weighted by Crippen LogP contribution is -1.90. The molecule has 0 aliphatic heterocycles. The molecule has 0 aliphatic rings. The number of hydrogen-bond donors (Lipinski definition) is 1. The van der Waals surface area contributed by atoms with Crippen molar-refractivity contribution in [1.29, 1.82) is 0 Å². The molecule has 28 heavy (non-hydrogen) atoms. The molecule has 0 radical (unpaired) electrons. The highest BCUT2D eigenvalue weighted by atomic mass is 16.3. The van der Waals surface area contributed by atoms with Crippen LogP contribution in [0.2, 0.25) is 0 Å². The number of hydrogen-bond acceptors (Lipinski definition) is 1. The van der Waals surface area contributed by atoms with E-state index in [0.29, 0.717) is 0 Å². The minimum absolute atomic E-state index is 0.152. The first kappa shape index (κ1) is 22.7. The highest BCUT2D eigenvalue weighted by molar-refractivity contribution is 5.29. The van der Waals surface area contributed by atoms with Crippen LogP contribution in [0.4, 0.5) is 0 Å². The topological polar surface area (TPSA) is 20.2 Å². The van der Waals surface area contributed by atoms with Gasteiger partial charge in [0.05, 0.1) is 6.61 Å². The first-order chi connectivity index (χ1) is 13.7. The molecule has 0 saturated heterocycles. The molecule has 0 atom stereocenters. The van der Waals surface area contributed by atoms with Crippen LogP contribution in [0.1, 0.15) is 92.0 Å². The van der Waals surface area contributed by atoms with E-state index in [2.05, 4.69) is 50.2 Å².